The van der Waals surface area contributed by atoms with Crippen molar-refractivity contribution in [1.82, 2.24) is 10.2 Å². The van der Waals surface area contributed by atoms with Gasteiger partial charge in [0.2, 0.25) is 5.88 Å². The van der Waals surface area contributed by atoms with E-state index >= 15 is 0 Å². The third-order valence-electron chi connectivity index (χ3n) is 2.12. The molecule has 0 aromatic carbocycles. The Labute approximate surface area is 82.2 Å². The monoisotopic (exact) mass is 195 g/mol. The van der Waals surface area contributed by atoms with Crippen molar-refractivity contribution in [1.29, 1.82) is 0 Å². The normalized spacial score (nSPS) is 18.0. The standard InChI is InChI=1S/C9H13N3O2/c10-8-1-2-9(12-11-8)14-7-3-5-13-6-4-7/h1-2,7H,3-6H2,(H2,10,11). The number of hydrogen-bond acceptors (Lipinski definition) is 5. The van der Waals surface area contributed by atoms with Gasteiger partial charge in [-0.25, -0.2) is 0 Å². The van der Waals surface area contributed by atoms with Crippen molar-refractivity contribution in [3.05, 3.63) is 12.1 Å². The van der Waals surface area contributed by atoms with E-state index in [1.807, 2.05) is 0 Å². The van der Waals surface area contributed by atoms with Crippen molar-refractivity contribution in [3.63, 3.8) is 0 Å². The Morgan fingerprint density at radius 2 is 2.07 bits per heavy atom. The molecule has 76 valence electrons. The van der Waals surface area contributed by atoms with Crippen LogP contribution in [0.4, 0.5) is 5.82 Å². The van der Waals surface area contributed by atoms with Crippen LogP contribution in [0.2, 0.25) is 0 Å². The van der Waals surface area contributed by atoms with E-state index in [1.54, 1.807) is 12.1 Å². The summed E-state index contributed by atoms with van der Waals surface area (Å²) in [4.78, 5) is 0. The molecule has 5 nitrogen and oxygen atoms in total. The third kappa shape index (κ3) is 2.32. The topological polar surface area (TPSA) is 70.3 Å². The van der Waals surface area contributed by atoms with Gasteiger partial charge >= 0.3 is 0 Å². The molecule has 2 N–H and O–H groups in total. The Morgan fingerprint density at radius 3 is 2.71 bits per heavy atom. The molecule has 1 aliphatic rings. The summed E-state index contributed by atoms with van der Waals surface area (Å²) in [6.45, 7) is 1.51. The molecule has 0 atom stereocenters. The van der Waals surface area contributed by atoms with E-state index in [-0.39, 0.29) is 6.10 Å². The van der Waals surface area contributed by atoms with E-state index in [9.17, 15) is 0 Å². The van der Waals surface area contributed by atoms with Gasteiger partial charge in [0.25, 0.3) is 0 Å². The molecule has 0 aliphatic carbocycles. The van der Waals surface area contributed by atoms with Gasteiger partial charge in [-0.15, -0.1) is 10.2 Å². The van der Waals surface area contributed by atoms with Gasteiger partial charge in [-0.1, -0.05) is 0 Å². The fourth-order valence-corrected chi connectivity index (χ4v) is 1.36. The van der Waals surface area contributed by atoms with Crippen LogP contribution in [0, 0.1) is 0 Å². The number of nitrogen functional groups attached to an aromatic ring is 1. The van der Waals surface area contributed by atoms with Gasteiger partial charge < -0.3 is 15.2 Å². The molecule has 1 saturated heterocycles. The summed E-state index contributed by atoms with van der Waals surface area (Å²) in [5.41, 5.74) is 5.41. The Morgan fingerprint density at radius 1 is 1.29 bits per heavy atom. The molecule has 0 spiro atoms. The highest BCUT2D eigenvalue weighted by molar-refractivity contribution is 5.27. The molecule has 14 heavy (non-hydrogen) atoms. The zero-order valence-electron chi connectivity index (χ0n) is 7.85. The fourth-order valence-electron chi connectivity index (χ4n) is 1.36. The van der Waals surface area contributed by atoms with Gasteiger partial charge in [0.1, 0.15) is 11.9 Å². The molecule has 0 bridgehead atoms. The lowest BCUT2D eigenvalue weighted by Gasteiger charge is -2.22. The highest BCUT2D eigenvalue weighted by Gasteiger charge is 2.15. The first-order chi connectivity index (χ1) is 6.84. The van der Waals surface area contributed by atoms with Gasteiger partial charge in [0.15, 0.2) is 0 Å². The fraction of sp³-hybridized carbons (Fsp3) is 0.556. The van der Waals surface area contributed by atoms with Crippen molar-refractivity contribution in [2.45, 2.75) is 18.9 Å². The minimum absolute atomic E-state index is 0.196. The van der Waals surface area contributed by atoms with Crippen molar-refractivity contribution in [2.24, 2.45) is 0 Å². The van der Waals surface area contributed by atoms with Crippen molar-refractivity contribution in [2.75, 3.05) is 18.9 Å². The SMILES string of the molecule is Nc1ccc(OC2CCOCC2)nn1. The zero-order valence-corrected chi connectivity index (χ0v) is 7.85. The number of nitrogens with two attached hydrogens (primary N) is 1. The van der Waals surface area contributed by atoms with Crippen LogP contribution in [0.25, 0.3) is 0 Å². The number of hydrogen-bond donors (Lipinski definition) is 1. The summed E-state index contributed by atoms with van der Waals surface area (Å²) in [6.07, 6.45) is 2.01. The average Bonchev–Trinajstić information content (AvgIpc) is 2.23. The predicted octanol–water partition coefficient (Wildman–Crippen LogP) is 0.617. The molecule has 0 amide bonds. The number of anilines is 1. The van der Waals surface area contributed by atoms with E-state index in [2.05, 4.69) is 10.2 Å². The number of ether oxygens (including phenoxy) is 2. The Kier molecular flexibility index (Phi) is 2.78. The second-order valence-electron chi connectivity index (χ2n) is 3.23. The summed E-state index contributed by atoms with van der Waals surface area (Å²) < 4.78 is 10.8. The summed E-state index contributed by atoms with van der Waals surface area (Å²) in [5, 5.41) is 7.55. The van der Waals surface area contributed by atoms with E-state index in [0.717, 1.165) is 26.1 Å². The second kappa shape index (κ2) is 4.23. The Hall–Kier alpha value is -1.36. The van der Waals surface area contributed by atoms with Crippen LogP contribution in [0.15, 0.2) is 12.1 Å². The maximum atomic E-state index is 5.60. The second-order valence-corrected chi connectivity index (χ2v) is 3.23. The lowest BCUT2D eigenvalue weighted by molar-refractivity contribution is 0.0233. The number of aromatic nitrogens is 2. The molecule has 0 radical (unpaired) electrons. The van der Waals surface area contributed by atoms with Gasteiger partial charge in [-0.2, -0.15) is 0 Å². The van der Waals surface area contributed by atoms with Crippen LogP contribution in [0.1, 0.15) is 12.8 Å². The molecule has 0 unspecified atom stereocenters. The maximum absolute atomic E-state index is 5.60. The zero-order chi connectivity index (χ0) is 9.80. The minimum atomic E-state index is 0.196. The first kappa shape index (κ1) is 9.21. The largest absolute Gasteiger partial charge is 0.473 e. The summed E-state index contributed by atoms with van der Waals surface area (Å²) in [7, 11) is 0. The minimum Gasteiger partial charge on any atom is -0.473 e. The van der Waals surface area contributed by atoms with Gasteiger partial charge in [0, 0.05) is 18.9 Å². The van der Waals surface area contributed by atoms with Gasteiger partial charge in [0.05, 0.1) is 13.2 Å². The van der Waals surface area contributed by atoms with Crippen LogP contribution in [0.5, 0.6) is 5.88 Å². The molecule has 1 aromatic heterocycles. The molecule has 1 fully saturated rings. The summed E-state index contributed by atoms with van der Waals surface area (Å²) in [5.74, 6) is 0.940. The molecule has 1 aromatic rings. The average molecular weight is 195 g/mol. The van der Waals surface area contributed by atoms with Gasteiger partial charge in [-0.05, 0) is 6.07 Å². The van der Waals surface area contributed by atoms with Crippen molar-refractivity contribution < 1.29 is 9.47 Å². The molecule has 2 rings (SSSR count). The smallest absolute Gasteiger partial charge is 0.233 e. The van der Waals surface area contributed by atoms with Crippen LogP contribution in [-0.4, -0.2) is 29.5 Å². The molecule has 0 saturated carbocycles. The highest BCUT2D eigenvalue weighted by Crippen LogP contribution is 2.14. The first-order valence-corrected chi connectivity index (χ1v) is 4.68. The summed E-state index contributed by atoms with van der Waals surface area (Å²) in [6, 6.07) is 3.42. The number of nitrogens with zero attached hydrogens (tertiary/aromatic N) is 2. The van der Waals surface area contributed by atoms with Crippen molar-refractivity contribution >= 4 is 5.82 Å². The Balaban J connectivity index is 1.92. The lowest BCUT2D eigenvalue weighted by atomic mass is 10.2. The van der Waals surface area contributed by atoms with Crippen LogP contribution in [0.3, 0.4) is 0 Å². The van der Waals surface area contributed by atoms with E-state index in [4.69, 9.17) is 15.2 Å². The lowest BCUT2D eigenvalue weighted by Crippen LogP contribution is -2.26. The van der Waals surface area contributed by atoms with Gasteiger partial charge in [-0.3, -0.25) is 0 Å². The van der Waals surface area contributed by atoms with E-state index in [0.29, 0.717) is 11.7 Å². The first-order valence-electron chi connectivity index (χ1n) is 4.68. The van der Waals surface area contributed by atoms with Crippen LogP contribution in [-0.2, 0) is 4.74 Å². The van der Waals surface area contributed by atoms with Crippen LogP contribution >= 0.6 is 0 Å². The number of rotatable bonds is 2. The third-order valence-corrected chi connectivity index (χ3v) is 2.12. The molecule has 1 aliphatic heterocycles. The molecule has 2 heterocycles. The quantitative estimate of drug-likeness (QED) is 0.749. The molecular formula is C9H13N3O2. The van der Waals surface area contributed by atoms with E-state index in [1.165, 1.54) is 0 Å². The highest BCUT2D eigenvalue weighted by atomic mass is 16.5. The predicted molar refractivity (Wildman–Crippen MR) is 50.9 cm³/mol. The molecule has 5 heteroatoms. The summed E-state index contributed by atoms with van der Waals surface area (Å²) >= 11 is 0. The van der Waals surface area contributed by atoms with Crippen molar-refractivity contribution in [3.8, 4) is 5.88 Å². The van der Waals surface area contributed by atoms with E-state index < -0.39 is 0 Å². The van der Waals surface area contributed by atoms with Crippen LogP contribution < -0.4 is 10.5 Å². The Bertz CT molecular complexity index is 283. The maximum Gasteiger partial charge on any atom is 0.233 e. The molecular weight excluding hydrogens is 182 g/mol.